The number of carboxylic acid groups (broad SMARTS) is 1. The van der Waals surface area contributed by atoms with Crippen LogP contribution in [-0.4, -0.2) is 35.0 Å². The molecule has 0 saturated carbocycles. The first-order valence-electron chi connectivity index (χ1n) is 4.80. The van der Waals surface area contributed by atoms with Gasteiger partial charge in [-0.05, 0) is 6.42 Å². The van der Waals surface area contributed by atoms with Crippen molar-refractivity contribution in [2.75, 3.05) is 0 Å². The van der Waals surface area contributed by atoms with Crippen LogP contribution in [0, 0.1) is 12.3 Å². The number of rotatable bonds is 4. The van der Waals surface area contributed by atoms with Crippen LogP contribution in [0.3, 0.4) is 0 Å². The monoisotopic (exact) mass is 224 g/mol. The Bertz CT molecular complexity index is 358. The van der Waals surface area contributed by atoms with Gasteiger partial charge in [-0.25, -0.2) is 4.79 Å². The molecule has 2 amide bonds. The van der Waals surface area contributed by atoms with E-state index < -0.39 is 24.0 Å². The lowest BCUT2D eigenvalue weighted by molar-refractivity contribution is -0.141. The number of hydrogen-bond donors (Lipinski definition) is 3. The molecule has 3 N–H and O–H groups in total. The van der Waals surface area contributed by atoms with Gasteiger partial charge in [0.1, 0.15) is 12.1 Å². The van der Waals surface area contributed by atoms with Crippen LogP contribution in [0.25, 0.3) is 0 Å². The van der Waals surface area contributed by atoms with E-state index in [1.807, 2.05) is 0 Å². The minimum Gasteiger partial charge on any atom is -0.480 e. The van der Waals surface area contributed by atoms with E-state index in [-0.39, 0.29) is 18.7 Å². The molecule has 1 aliphatic heterocycles. The molecule has 1 heterocycles. The number of carboxylic acids is 1. The maximum Gasteiger partial charge on any atom is 0.327 e. The molecule has 16 heavy (non-hydrogen) atoms. The zero-order chi connectivity index (χ0) is 12.1. The molecule has 1 fully saturated rings. The topological polar surface area (TPSA) is 95.5 Å². The SMILES string of the molecule is C#CCC(NC(=O)[C@@H]1CCC(=O)N1)C(=O)O. The molecule has 6 nitrogen and oxygen atoms in total. The summed E-state index contributed by atoms with van der Waals surface area (Å²) in [6, 6.07) is -1.75. The third-order valence-corrected chi connectivity index (χ3v) is 2.25. The highest BCUT2D eigenvalue weighted by Gasteiger charge is 2.29. The zero-order valence-corrected chi connectivity index (χ0v) is 8.53. The Morgan fingerprint density at radius 2 is 2.38 bits per heavy atom. The summed E-state index contributed by atoms with van der Waals surface area (Å²) in [5, 5.41) is 13.5. The summed E-state index contributed by atoms with van der Waals surface area (Å²) in [6.07, 6.45) is 5.57. The summed E-state index contributed by atoms with van der Waals surface area (Å²) in [7, 11) is 0. The quantitative estimate of drug-likeness (QED) is 0.526. The molecule has 0 aliphatic carbocycles. The fraction of sp³-hybridized carbons (Fsp3) is 0.500. The van der Waals surface area contributed by atoms with Gasteiger partial charge < -0.3 is 15.7 Å². The largest absolute Gasteiger partial charge is 0.480 e. The van der Waals surface area contributed by atoms with Gasteiger partial charge in [0.05, 0.1) is 0 Å². The number of aliphatic carboxylic acids is 1. The lowest BCUT2D eigenvalue weighted by atomic mass is 10.1. The molecule has 0 bridgehead atoms. The van der Waals surface area contributed by atoms with Crippen LogP contribution in [0.2, 0.25) is 0 Å². The van der Waals surface area contributed by atoms with E-state index >= 15 is 0 Å². The van der Waals surface area contributed by atoms with Crippen molar-refractivity contribution in [1.29, 1.82) is 0 Å². The van der Waals surface area contributed by atoms with Crippen LogP contribution in [-0.2, 0) is 14.4 Å². The minimum absolute atomic E-state index is 0.0816. The number of carbonyl (C=O) groups excluding carboxylic acids is 2. The smallest absolute Gasteiger partial charge is 0.327 e. The van der Waals surface area contributed by atoms with Gasteiger partial charge in [-0.3, -0.25) is 9.59 Å². The molecule has 0 aromatic carbocycles. The summed E-state index contributed by atoms with van der Waals surface area (Å²) in [4.78, 5) is 33.1. The Balaban J connectivity index is 2.52. The number of terminal acetylenes is 1. The van der Waals surface area contributed by atoms with Crippen LogP contribution in [0.4, 0.5) is 0 Å². The molecule has 86 valence electrons. The maximum absolute atomic E-state index is 11.5. The van der Waals surface area contributed by atoms with Crippen LogP contribution in [0.5, 0.6) is 0 Å². The van der Waals surface area contributed by atoms with Crippen LogP contribution in [0.15, 0.2) is 0 Å². The Kier molecular flexibility index (Phi) is 3.89. The van der Waals surface area contributed by atoms with Crippen molar-refractivity contribution in [3.05, 3.63) is 0 Å². The van der Waals surface area contributed by atoms with E-state index in [1.165, 1.54) is 0 Å². The second-order valence-corrected chi connectivity index (χ2v) is 3.47. The van der Waals surface area contributed by atoms with Gasteiger partial charge in [-0.15, -0.1) is 12.3 Å². The normalized spacial score (nSPS) is 20.7. The highest BCUT2D eigenvalue weighted by atomic mass is 16.4. The molecule has 2 atom stereocenters. The fourth-order valence-electron chi connectivity index (χ4n) is 1.40. The number of hydrogen-bond acceptors (Lipinski definition) is 3. The highest BCUT2D eigenvalue weighted by molar-refractivity contribution is 5.92. The molecule has 1 saturated heterocycles. The molecule has 0 aromatic heterocycles. The number of carbonyl (C=O) groups is 3. The molecule has 0 radical (unpaired) electrons. The van der Waals surface area contributed by atoms with Gasteiger partial charge in [-0.2, -0.15) is 0 Å². The van der Waals surface area contributed by atoms with E-state index in [0.29, 0.717) is 6.42 Å². The van der Waals surface area contributed by atoms with Crippen molar-refractivity contribution < 1.29 is 19.5 Å². The highest BCUT2D eigenvalue weighted by Crippen LogP contribution is 2.07. The molecule has 0 aromatic rings. The fourth-order valence-corrected chi connectivity index (χ4v) is 1.40. The molecule has 1 aliphatic rings. The molecule has 6 heteroatoms. The van der Waals surface area contributed by atoms with E-state index in [1.54, 1.807) is 0 Å². The van der Waals surface area contributed by atoms with Gasteiger partial charge in [0, 0.05) is 12.8 Å². The molecule has 0 spiro atoms. The second kappa shape index (κ2) is 5.16. The van der Waals surface area contributed by atoms with Gasteiger partial charge in [0.25, 0.3) is 0 Å². The summed E-state index contributed by atoms with van der Waals surface area (Å²) in [5.41, 5.74) is 0. The lowest BCUT2D eigenvalue weighted by Gasteiger charge is -2.15. The first kappa shape index (κ1) is 12.0. The first-order valence-corrected chi connectivity index (χ1v) is 4.80. The zero-order valence-electron chi connectivity index (χ0n) is 8.53. The lowest BCUT2D eigenvalue weighted by Crippen LogP contribution is -2.48. The summed E-state index contributed by atoms with van der Waals surface area (Å²) in [6.45, 7) is 0. The number of nitrogens with one attached hydrogen (secondary N) is 2. The Labute approximate surface area is 92.4 Å². The van der Waals surface area contributed by atoms with Crippen molar-refractivity contribution in [1.82, 2.24) is 10.6 Å². The summed E-state index contributed by atoms with van der Waals surface area (Å²) < 4.78 is 0. The Morgan fingerprint density at radius 1 is 1.69 bits per heavy atom. The van der Waals surface area contributed by atoms with Crippen molar-refractivity contribution in [2.24, 2.45) is 0 Å². The van der Waals surface area contributed by atoms with Crippen molar-refractivity contribution in [3.8, 4) is 12.3 Å². The maximum atomic E-state index is 11.5. The average molecular weight is 224 g/mol. The van der Waals surface area contributed by atoms with E-state index in [0.717, 1.165) is 0 Å². The van der Waals surface area contributed by atoms with Crippen LogP contribution >= 0.6 is 0 Å². The number of amides is 2. The van der Waals surface area contributed by atoms with Crippen molar-refractivity contribution in [3.63, 3.8) is 0 Å². The third kappa shape index (κ3) is 2.98. The van der Waals surface area contributed by atoms with Gasteiger partial charge in [0.2, 0.25) is 11.8 Å². The Hall–Kier alpha value is -2.03. The van der Waals surface area contributed by atoms with Crippen LogP contribution < -0.4 is 10.6 Å². The van der Waals surface area contributed by atoms with E-state index in [2.05, 4.69) is 16.6 Å². The summed E-state index contributed by atoms with van der Waals surface area (Å²) in [5.74, 6) is 0.276. The van der Waals surface area contributed by atoms with Crippen molar-refractivity contribution in [2.45, 2.75) is 31.3 Å². The van der Waals surface area contributed by atoms with Crippen molar-refractivity contribution >= 4 is 17.8 Å². The first-order chi connectivity index (χ1) is 7.54. The average Bonchev–Trinajstić information content (AvgIpc) is 2.64. The molecule has 1 rings (SSSR count). The predicted octanol–water partition coefficient (Wildman–Crippen LogP) is -1.14. The van der Waals surface area contributed by atoms with Crippen LogP contribution in [0.1, 0.15) is 19.3 Å². The third-order valence-electron chi connectivity index (χ3n) is 2.25. The van der Waals surface area contributed by atoms with Gasteiger partial charge >= 0.3 is 5.97 Å². The predicted molar refractivity (Wildman–Crippen MR) is 54.2 cm³/mol. The van der Waals surface area contributed by atoms with Gasteiger partial charge in [0.15, 0.2) is 0 Å². The molecular weight excluding hydrogens is 212 g/mol. The van der Waals surface area contributed by atoms with E-state index in [4.69, 9.17) is 11.5 Å². The molecular formula is C10H12N2O4. The standard InChI is InChI=1S/C10H12N2O4/c1-2-3-7(10(15)16)12-9(14)6-4-5-8(13)11-6/h1,6-7H,3-5H2,(H,11,13)(H,12,14)(H,15,16)/t6-,7?/m0/s1. The Morgan fingerprint density at radius 3 is 2.81 bits per heavy atom. The second-order valence-electron chi connectivity index (χ2n) is 3.47. The molecule has 1 unspecified atom stereocenters. The van der Waals surface area contributed by atoms with Gasteiger partial charge in [-0.1, -0.05) is 0 Å². The van der Waals surface area contributed by atoms with E-state index in [9.17, 15) is 14.4 Å². The minimum atomic E-state index is -1.18. The summed E-state index contributed by atoms with van der Waals surface area (Å²) >= 11 is 0.